The number of anilines is 2. The highest BCUT2D eigenvalue weighted by molar-refractivity contribution is 6.03. The summed E-state index contributed by atoms with van der Waals surface area (Å²) in [6, 6.07) is 6.04. The van der Waals surface area contributed by atoms with Crippen molar-refractivity contribution < 1.29 is 4.79 Å². The van der Waals surface area contributed by atoms with Crippen molar-refractivity contribution in [2.24, 2.45) is 0 Å². The van der Waals surface area contributed by atoms with E-state index < -0.39 is 0 Å². The molecule has 0 aliphatic rings. The van der Waals surface area contributed by atoms with Crippen molar-refractivity contribution in [2.45, 2.75) is 27.7 Å². The number of rotatable bonds is 5. The van der Waals surface area contributed by atoms with Gasteiger partial charge in [-0.2, -0.15) is 0 Å². The quantitative estimate of drug-likeness (QED) is 0.921. The summed E-state index contributed by atoms with van der Waals surface area (Å²) in [5.41, 5.74) is 4.09. The molecule has 5 nitrogen and oxygen atoms in total. The van der Waals surface area contributed by atoms with E-state index in [0.29, 0.717) is 5.69 Å². The number of benzene rings is 1. The van der Waals surface area contributed by atoms with Gasteiger partial charge in [-0.15, -0.1) is 0 Å². The molecular formula is C17H22N4O. The van der Waals surface area contributed by atoms with E-state index in [4.69, 9.17) is 0 Å². The number of carbonyl (C=O) groups is 1. The fraction of sp³-hybridized carbons (Fsp3) is 0.353. The van der Waals surface area contributed by atoms with Crippen molar-refractivity contribution in [1.29, 1.82) is 0 Å². The Hall–Kier alpha value is -2.43. The second kappa shape index (κ2) is 7.02. The van der Waals surface area contributed by atoms with Crippen LogP contribution in [0.4, 0.5) is 11.4 Å². The molecule has 116 valence electrons. The molecule has 1 aromatic carbocycles. The molecule has 0 bridgehead atoms. The minimum absolute atomic E-state index is 0.244. The van der Waals surface area contributed by atoms with Crippen LogP contribution in [0, 0.1) is 13.8 Å². The van der Waals surface area contributed by atoms with Crippen LogP contribution in [0.15, 0.2) is 30.6 Å². The zero-order chi connectivity index (χ0) is 16.1. The number of nitrogens with zero attached hydrogens (tertiary/aromatic N) is 3. The van der Waals surface area contributed by atoms with Crippen molar-refractivity contribution in [3.05, 3.63) is 47.5 Å². The second-order valence-corrected chi connectivity index (χ2v) is 5.17. The normalized spacial score (nSPS) is 10.4. The molecule has 0 spiro atoms. The van der Waals surface area contributed by atoms with E-state index in [2.05, 4.69) is 40.1 Å². The van der Waals surface area contributed by atoms with E-state index in [-0.39, 0.29) is 5.91 Å². The van der Waals surface area contributed by atoms with E-state index in [0.717, 1.165) is 35.7 Å². The lowest BCUT2D eigenvalue weighted by atomic mass is 10.1. The number of nitrogens with one attached hydrogen (secondary N) is 1. The van der Waals surface area contributed by atoms with E-state index in [1.807, 2.05) is 26.0 Å². The Labute approximate surface area is 131 Å². The number of aryl methyl sites for hydroxylation is 2. The lowest BCUT2D eigenvalue weighted by molar-refractivity contribution is 0.102. The number of hydrogen-bond donors (Lipinski definition) is 1. The van der Waals surface area contributed by atoms with E-state index in [1.165, 1.54) is 6.20 Å². The molecule has 0 saturated carbocycles. The predicted molar refractivity (Wildman–Crippen MR) is 89.5 cm³/mol. The predicted octanol–water partition coefficient (Wildman–Crippen LogP) is 3.19. The molecule has 0 aliphatic carbocycles. The molecule has 0 saturated heterocycles. The molecule has 0 atom stereocenters. The lowest BCUT2D eigenvalue weighted by Crippen LogP contribution is -2.22. The van der Waals surface area contributed by atoms with Crippen molar-refractivity contribution in [2.75, 3.05) is 23.3 Å². The number of amides is 1. The van der Waals surface area contributed by atoms with Crippen LogP contribution in [0.25, 0.3) is 0 Å². The molecule has 0 radical (unpaired) electrons. The SMILES string of the molecule is CCN(CC)c1ccc(NC(=O)c2cnc(C)cn2)c(C)c1. The van der Waals surface area contributed by atoms with Crippen molar-refractivity contribution in [3.63, 3.8) is 0 Å². The molecule has 2 rings (SSSR count). The summed E-state index contributed by atoms with van der Waals surface area (Å²) in [4.78, 5) is 22.6. The van der Waals surface area contributed by atoms with Gasteiger partial charge >= 0.3 is 0 Å². The molecule has 1 heterocycles. The van der Waals surface area contributed by atoms with Gasteiger partial charge in [-0.3, -0.25) is 9.78 Å². The maximum atomic E-state index is 12.2. The van der Waals surface area contributed by atoms with Gasteiger partial charge in [0.15, 0.2) is 0 Å². The van der Waals surface area contributed by atoms with Crippen molar-refractivity contribution in [1.82, 2.24) is 9.97 Å². The van der Waals surface area contributed by atoms with Gasteiger partial charge in [0.2, 0.25) is 0 Å². The third-order valence-corrected chi connectivity index (χ3v) is 3.60. The van der Waals surface area contributed by atoms with Crippen molar-refractivity contribution >= 4 is 17.3 Å². The summed E-state index contributed by atoms with van der Waals surface area (Å²) in [6.07, 6.45) is 3.08. The Morgan fingerprint density at radius 2 is 1.86 bits per heavy atom. The Morgan fingerprint density at radius 1 is 1.14 bits per heavy atom. The maximum absolute atomic E-state index is 12.2. The fourth-order valence-electron chi connectivity index (χ4n) is 2.27. The molecule has 5 heteroatoms. The van der Waals surface area contributed by atoms with Crippen LogP contribution in [0.5, 0.6) is 0 Å². The van der Waals surface area contributed by atoms with E-state index in [9.17, 15) is 4.79 Å². The lowest BCUT2D eigenvalue weighted by Gasteiger charge is -2.22. The maximum Gasteiger partial charge on any atom is 0.275 e. The summed E-state index contributed by atoms with van der Waals surface area (Å²) in [5, 5.41) is 2.89. The Balaban J connectivity index is 2.16. The van der Waals surface area contributed by atoms with Gasteiger partial charge < -0.3 is 10.2 Å². The topological polar surface area (TPSA) is 58.1 Å². The largest absolute Gasteiger partial charge is 0.372 e. The third kappa shape index (κ3) is 3.61. The van der Waals surface area contributed by atoms with Gasteiger partial charge in [-0.25, -0.2) is 4.98 Å². The van der Waals surface area contributed by atoms with Crippen LogP contribution >= 0.6 is 0 Å². The first-order chi connectivity index (χ1) is 10.5. The monoisotopic (exact) mass is 298 g/mol. The average molecular weight is 298 g/mol. The molecule has 22 heavy (non-hydrogen) atoms. The van der Waals surface area contributed by atoms with Crippen LogP contribution in [0.3, 0.4) is 0 Å². The van der Waals surface area contributed by atoms with Crippen LogP contribution in [0.2, 0.25) is 0 Å². The van der Waals surface area contributed by atoms with Crippen LogP contribution in [-0.2, 0) is 0 Å². The summed E-state index contributed by atoms with van der Waals surface area (Å²) >= 11 is 0. The highest BCUT2D eigenvalue weighted by Crippen LogP contribution is 2.23. The summed E-state index contributed by atoms with van der Waals surface area (Å²) in [5.74, 6) is -0.244. The highest BCUT2D eigenvalue weighted by atomic mass is 16.1. The first kappa shape index (κ1) is 15.9. The first-order valence-corrected chi connectivity index (χ1v) is 7.50. The van der Waals surface area contributed by atoms with Gasteiger partial charge in [-0.1, -0.05) is 0 Å². The van der Waals surface area contributed by atoms with Gasteiger partial charge in [0.25, 0.3) is 5.91 Å². The first-order valence-electron chi connectivity index (χ1n) is 7.50. The summed E-state index contributed by atoms with van der Waals surface area (Å²) in [6.45, 7) is 10.0. The Bertz CT molecular complexity index is 648. The Morgan fingerprint density at radius 3 is 2.41 bits per heavy atom. The molecule has 1 amide bonds. The average Bonchev–Trinajstić information content (AvgIpc) is 2.51. The van der Waals surface area contributed by atoms with Gasteiger partial charge in [0.05, 0.1) is 11.9 Å². The molecule has 0 unspecified atom stereocenters. The molecule has 2 aromatic rings. The summed E-state index contributed by atoms with van der Waals surface area (Å²) in [7, 11) is 0. The van der Waals surface area contributed by atoms with Crippen LogP contribution in [-0.4, -0.2) is 29.0 Å². The number of aromatic nitrogens is 2. The highest BCUT2D eigenvalue weighted by Gasteiger charge is 2.11. The fourth-order valence-corrected chi connectivity index (χ4v) is 2.27. The van der Waals surface area contributed by atoms with Crippen molar-refractivity contribution in [3.8, 4) is 0 Å². The molecule has 1 N–H and O–H groups in total. The molecular weight excluding hydrogens is 276 g/mol. The van der Waals surface area contributed by atoms with E-state index >= 15 is 0 Å². The zero-order valence-corrected chi connectivity index (χ0v) is 13.6. The van der Waals surface area contributed by atoms with Gasteiger partial charge in [-0.05, 0) is 51.5 Å². The van der Waals surface area contributed by atoms with Crippen LogP contribution in [0.1, 0.15) is 35.6 Å². The number of carbonyl (C=O) groups excluding carboxylic acids is 1. The molecule has 0 aliphatic heterocycles. The smallest absolute Gasteiger partial charge is 0.275 e. The molecule has 1 aromatic heterocycles. The van der Waals surface area contributed by atoms with Gasteiger partial charge in [0.1, 0.15) is 5.69 Å². The minimum Gasteiger partial charge on any atom is -0.372 e. The summed E-state index contributed by atoms with van der Waals surface area (Å²) < 4.78 is 0. The Kier molecular flexibility index (Phi) is 5.09. The number of hydrogen-bond acceptors (Lipinski definition) is 4. The second-order valence-electron chi connectivity index (χ2n) is 5.17. The third-order valence-electron chi connectivity index (χ3n) is 3.60. The minimum atomic E-state index is -0.244. The van der Waals surface area contributed by atoms with Gasteiger partial charge in [0, 0.05) is 30.7 Å². The van der Waals surface area contributed by atoms with E-state index in [1.54, 1.807) is 6.20 Å². The van der Waals surface area contributed by atoms with Crippen LogP contribution < -0.4 is 10.2 Å². The molecule has 0 fully saturated rings. The standard InChI is InChI=1S/C17H22N4O/c1-5-21(6-2)14-7-8-15(12(3)9-14)20-17(22)16-11-18-13(4)10-19-16/h7-11H,5-6H2,1-4H3,(H,20,22). The zero-order valence-electron chi connectivity index (χ0n) is 13.6.